The molecule has 0 rings (SSSR count). The molecule has 2 N–H and O–H groups in total. The molecule has 0 spiro atoms. The van der Waals surface area contributed by atoms with Gasteiger partial charge in [-0.3, -0.25) is 0 Å². The quantitative estimate of drug-likeness (QED) is 0.0606. The van der Waals surface area contributed by atoms with Crippen molar-refractivity contribution in [2.45, 2.75) is 208 Å². The summed E-state index contributed by atoms with van der Waals surface area (Å²) in [6, 6.07) is -0.486. The molecule has 2 atom stereocenters. The second-order valence-electron chi connectivity index (χ2n) is 14.1. The van der Waals surface area contributed by atoms with Crippen LogP contribution in [0.2, 0.25) is 0 Å². The van der Waals surface area contributed by atoms with E-state index in [1.54, 1.807) is 0 Å². The molecule has 0 radical (unpaired) electrons. The zero-order valence-corrected chi connectivity index (χ0v) is 30.9. The molecule has 0 saturated heterocycles. The van der Waals surface area contributed by atoms with E-state index in [4.69, 9.17) is 10.3 Å². The van der Waals surface area contributed by atoms with E-state index >= 15 is 0 Å². The van der Waals surface area contributed by atoms with Crippen molar-refractivity contribution in [3.05, 3.63) is 0 Å². The van der Waals surface area contributed by atoms with Gasteiger partial charge in [0.25, 0.3) is 0 Å². The third-order valence-electron chi connectivity index (χ3n) is 10.2. The molecule has 0 aromatic rings. The first-order valence-corrected chi connectivity index (χ1v) is 22.2. The van der Waals surface area contributed by atoms with Crippen molar-refractivity contribution >= 4 is 12.8 Å². The fourth-order valence-corrected chi connectivity index (χ4v) is 13.3. The normalized spacial score (nSPS) is 14.4. The van der Waals surface area contributed by atoms with Crippen molar-refractivity contribution in [3.8, 4) is 0 Å². The molecule has 0 amide bonds. The molecule has 4 heteroatoms. The van der Waals surface area contributed by atoms with Gasteiger partial charge in [-0.05, 0) is 0 Å². The van der Waals surface area contributed by atoms with Crippen LogP contribution in [0.3, 0.4) is 0 Å². The van der Waals surface area contributed by atoms with Crippen LogP contribution >= 0.6 is 6.83 Å². The van der Waals surface area contributed by atoms with E-state index in [1.165, 1.54) is 154 Å². The van der Waals surface area contributed by atoms with Crippen LogP contribution in [0, 0.1) is 5.92 Å². The number of hydrogen-bond donors (Lipinski definition) is 1. The van der Waals surface area contributed by atoms with Gasteiger partial charge in [0, 0.05) is 0 Å². The minimum atomic E-state index is -2.72. The van der Waals surface area contributed by atoms with E-state index in [9.17, 15) is 4.79 Å². The summed E-state index contributed by atoms with van der Waals surface area (Å²) in [4.78, 5) is 13.8. The van der Waals surface area contributed by atoms with Crippen molar-refractivity contribution in [2.75, 3.05) is 24.6 Å². The minimum absolute atomic E-state index is 0.0672. The molecule has 0 aliphatic rings. The van der Waals surface area contributed by atoms with Gasteiger partial charge < -0.3 is 0 Å². The Bertz CT molecular complexity index is 576. The Morgan fingerprint density at radius 3 is 1.05 bits per heavy atom. The third-order valence-corrected chi connectivity index (χ3v) is 16.7. The van der Waals surface area contributed by atoms with Crippen LogP contribution in [0.1, 0.15) is 202 Å². The zero-order chi connectivity index (χ0) is 31.4. The van der Waals surface area contributed by atoms with Crippen LogP contribution in [-0.4, -0.2) is 36.7 Å². The summed E-state index contributed by atoms with van der Waals surface area (Å²) in [7, 11) is 0. The van der Waals surface area contributed by atoms with Gasteiger partial charge in [-0.15, -0.1) is 0 Å². The molecule has 0 aliphatic carbocycles. The first-order valence-electron chi connectivity index (χ1n) is 19.3. The van der Waals surface area contributed by atoms with E-state index < -0.39 is 12.9 Å². The molecule has 254 valence electrons. The van der Waals surface area contributed by atoms with Crippen LogP contribution < -0.4 is 5.73 Å². The third kappa shape index (κ3) is 19.3. The molecule has 0 aromatic heterocycles. The summed E-state index contributed by atoms with van der Waals surface area (Å²) in [6.45, 7) is 10.7. The van der Waals surface area contributed by atoms with E-state index in [2.05, 4.69) is 41.5 Å². The number of nitrogens with two attached hydrogens (primary N) is 1. The number of rotatable bonds is 32. The van der Waals surface area contributed by atoms with E-state index in [-0.39, 0.29) is 11.9 Å². The fourth-order valence-electron chi connectivity index (χ4n) is 6.82. The summed E-state index contributed by atoms with van der Waals surface area (Å²) in [5.74, 6) is 0.106. The summed E-state index contributed by atoms with van der Waals surface area (Å²) in [6.07, 6.45) is 37.1. The first-order chi connectivity index (χ1) is 20.3. The molecule has 0 aromatic carbocycles. The van der Waals surface area contributed by atoms with Crippen molar-refractivity contribution < 1.29 is 9.32 Å². The van der Waals surface area contributed by atoms with Crippen LogP contribution in [0.4, 0.5) is 0 Å². The second kappa shape index (κ2) is 27.2. The molecular formula is C38H80NO2P. The van der Waals surface area contributed by atoms with Gasteiger partial charge in [0.1, 0.15) is 0 Å². The molecule has 0 unspecified atom stereocenters. The van der Waals surface area contributed by atoms with E-state index in [1.807, 2.05) is 0 Å². The molecular weight excluding hydrogens is 533 g/mol. The van der Waals surface area contributed by atoms with Crippen molar-refractivity contribution in [1.29, 1.82) is 0 Å². The fraction of sp³-hybridized carbons (Fsp3) is 0.974. The van der Waals surface area contributed by atoms with Gasteiger partial charge in [-0.25, -0.2) is 0 Å². The molecule has 0 bridgehead atoms. The van der Waals surface area contributed by atoms with Gasteiger partial charge in [0.15, 0.2) is 0 Å². The Labute approximate surface area is 266 Å². The van der Waals surface area contributed by atoms with Gasteiger partial charge in [-0.1, -0.05) is 13.3 Å². The average molecular weight is 614 g/mol. The molecule has 0 saturated carbocycles. The van der Waals surface area contributed by atoms with Gasteiger partial charge in [0.2, 0.25) is 0 Å². The SMILES string of the molecule is CCCCCCCCCCCCCCP(CCCCCC)(CCCCCC)(CCCCCC)OC(=O)[C@@H](N)[C@@H](C)CC. The number of carbonyl (C=O) groups is 1. The maximum atomic E-state index is 13.8. The van der Waals surface area contributed by atoms with E-state index in [0.29, 0.717) is 0 Å². The Kier molecular flexibility index (Phi) is 27.1. The molecule has 42 heavy (non-hydrogen) atoms. The predicted octanol–water partition coefficient (Wildman–Crippen LogP) is 12.8. The number of hydrogen-bond acceptors (Lipinski definition) is 3. The van der Waals surface area contributed by atoms with Crippen LogP contribution in [-0.2, 0) is 9.32 Å². The summed E-state index contributed by atoms with van der Waals surface area (Å²) in [5.41, 5.74) is 6.58. The second-order valence-corrected chi connectivity index (χ2v) is 19.8. The van der Waals surface area contributed by atoms with E-state index in [0.717, 1.165) is 31.1 Å². The van der Waals surface area contributed by atoms with Gasteiger partial charge in [-0.2, -0.15) is 0 Å². The Morgan fingerprint density at radius 2 is 0.762 bits per heavy atom. The van der Waals surface area contributed by atoms with Crippen molar-refractivity contribution in [2.24, 2.45) is 11.7 Å². The topological polar surface area (TPSA) is 52.3 Å². The number of unbranched alkanes of at least 4 members (excludes halogenated alkanes) is 20. The van der Waals surface area contributed by atoms with Gasteiger partial charge in [0.05, 0.1) is 0 Å². The standard InChI is InChI=1S/C38H80NO2P/c1-7-12-16-20-21-22-23-24-25-26-27-31-35-42(32-28-17-13-8-2,33-29-18-14-9-3,34-30-19-15-10-4)41-38(40)37(39)36(6)11-5/h36-37H,7-35,39H2,1-6H3/t36-,37-/m0/s1. The van der Waals surface area contributed by atoms with Crippen molar-refractivity contribution in [3.63, 3.8) is 0 Å². The van der Waals surface area contributed by atoms with Crippen molar-refractivity contribution in [1.82, 2.24) is 0 Å². The molecule has 0 fully saturated rings. The predicted molar refractivity (Wildman–Crippen MR) is 193 cm³/mol. The Balaban J connectivity index is 5.65. The summed E-state index contributed by atoms with van der Waals surface area (Å²) in [5, 5.41) is 0. The Hall–Kier alpha value is -0.140. The average Bonchev–Trinajstić information content (AvgIpc) is 3.00. The molecule has 0 heterocycles. The molecule has 0 aliphatic heterocycles. The van der Waals surface area contributed by atoms with Gasteiger partial charge >= 0.3 is 253 Å². The first kappa shape index (κ1) is 41.9. The van der Waals surface area contributed by atoms with Crippen LogP contribution in [0.15, 0.2) is 0 Å². The summed E-state index contributed by atoms with van der Waals surface area (Å²) >= 11 is 0. The summed E-state index contributed by atoms with van der Waals surface area (Å²) < 4.78 is 7.12. The number of carbonyl (C=O) groups excluding carboxylic acids is 1. The monoisotopic (exact) mass is 614 g/mol. The maximum absolute atomic E-state index is 13.8. The molecule has 3 nitrogen and oxygen atoms in total. The van der Waals surface area contributed by atoms with Crippen LogP contribution in [0.25, 0.3) is 0 Å². The zero-order valence-electron chi connectivity index (χ0n) is 30.0. The van der Waals surface area contributed by atoms with Crippen LogP contribution in [0.5, 0.6) is 0 Å². The Morgan fingerprint density at radius 1 is 0.500 bits per heavy atom.